The van der Waals surface area contributed by atoms with Crippen molar-refractivity contribution in [3.63, 3.8) is 0 Å². The van der Waals surface area contributed by atoms with Crippen molar-refractivity contribution in [1.82, 2.24) is 20.9 Å². The van der Waals surface area contributed by atoms with Crippen LogP contribution in [-0.4, -0.2) is 56.5 Å². The fourth-order valence-corrected chi connectivity index (χ4v) is 3.45. The Labute approximate surface area is 166 Å². The summed E-state index contributed by atoms with van der Waals surface area (Å²) >= 11 is 0. The zero-order valence-corrected chi connectivity index (χ0v) is 16.4. The number of hydrogen-bond donors (Lipinski definition) is 3. The van der Waals surface area contributed by atoms with E-state index in [4.69, 9.17) is 4.42 Å². The van der Waals surface area contributed by atoms with E-state index in [9.17, 15) is 4.79 Å². The van der Waals surface area contributed by atoms with Crippen LogP contribution in [0.25, 0.3) is 0 Å². The largest absolute Gasteiger partial charge is 0.459 e. The number of likely N-dealkylation sites (tertiary alicyclic amines) is 1. The van der Waals surface area contributed by atoms with Crippen molar-refractivity contribution in [2.75, 3.05) is 39.8 Å². The second kappa shape index (κ2) is 10.5. The molecule has 3 rings (SSSR count). The van der Waals surface area contributed by atoms with Crippen LogP contribution in [0.15, 0.2) is 58.1 Å². The fraction of sp³-hybridized carbons (Fsp3) is 0.429. The van der Waals surface area contributed by atoms with Gasteiger partial charge in [0.05, 0.1) is 12.3 Å². The van der Waals surface area contributed by atoms with Gasteiger partial charge in [-0.3, -0.25) is 14.7 Å². The summed E-state index contributed by atoms with van der Waals surface area (Å²) in [5, 5.41) is 9.48. The van der Waals surface area contributed by atoms with Gasteiger partial charge < -0.3 is 20.4 Å². The van der Waals surface area contributed by atoms with Gasteiger partial charge in [0, 0.05) is 26.7 Å². The van der Waals surface area contributed by atoms with Gasteiger partial charge in [0.1, 0.15) is 0 Å². The number of hydrogen-bond acceptors (Lipinski definition) is 4. The number of carbonyl (C=O) groups excluding carboxylic acids is 1. The molecule has 1 aliphatic heterocycles. The van der Waals surface area contributed by atoms with Crippen molar-refractivity contribution < 1.29 is 9.21 Å². The van der Waals surface area contributed by atoms with E-state index in [0.29, 0.717) is 24.9 Å². The number of guanidine groups is 1. The molecule has 3 N–H and O–H groups in total. The molecule has 1 amide bonds. The first kappa shape index (κ1) is 19.9. The van der Waals surface area contributed by atoms with E-state index in [0.717, 1.165) is 25.6 Å². The van der Waals surface area contributed by atoms with E-state index >= 15 is 0 Å². The van der Waals surface area contributed by atoms with Crippen LogP contribution in [0.5, 0.6) is 0 Å². The summed E-state index contributed by atoms with van der Waals surface area (Å²) in [6, 6.07) is 14.3. The van der Waals surface area contributed by atoms with E-state index in [2.05, 4.69) is 56.2 Å². The molecule has 1 fully saturated rings. The summed E-state index contributed by atoms with van der Waals surface area (Å²) in [4.78, 5) is 18.7. The average Bonchev–Trinajstić information content (AvgIpc) is 3.45. The van der Waals surface area contributed by atoms with Crippen molar-refractivity contribution in [3.8, 4) is 0 Å². The first-order valence-electron chi connectivity index (χ1n) is 9.83. The molecule has 7 nitrogen and oxygen atoms in total. The molecule has 0 aliphatic carbocycles. The highest BCUT2D eigenvalue weighted by Gasteiger charge is 2.23. The molecule has 1 aliphatic rings. The summed E-state index contributed by atoms with van der Waals surface area (Å²) in [6.07, 6.45) is 4.00. The van der Waals surface area contributed by atoms with Gasteiger partial charge >= 0.3 is 0 Å². The summed E-state index contributed by atoms with van der Waals surface area (Å²) in [5.74, 6) is 0.833. The highest BCUT2D eigenvalue weighted by molar-refractivity contribution is 5.91. The van der Waals surface area contributed by atoms with Gasteiger partial charge in [-0.25, -0.2) is 0 Å². The number of nitrogens with one attached hydrogen (secondary N) is 3. The Kier molecular flexibility index (Phi) is 7.49. The predicted molar refractivity (Wildman–Crippen MR) is 110 cm³/mol. The second-order valence-electron chi connectivity index (χ2n) is 6.78. The van der Waals surface area contributed by atoms with Crippen molar-refractivity contribution in [2.24, 2.45) is 4.99 Å². The number of furan rings is 1. The van der Waals surface area contributed by atoms with Crippen LogP contribution in [0.1, 0.15) is 35.0 Å². The zero-order valence-electron chi connectivity index (χ0n) is 16.4. The lowest BCUT2D eigenvalue weighted by Gasteiger charge is -2.29. The third-order valence-corrected chi connectivity index (χ3v) is 4.90. The van der Waals surface area contributed by atoms with Gasteiger partial charge in [-0.05, 0) is 43.6 Å². The van der Waals surface area contributed by atoms with Crippen LogP contribution < -0.4 is 16.0 Å². The molecule has 150 valence electrons. The van der Waals surface area contributed by atoms with E-state index in [1.807, 2.05) is 0 Å². The van der Waals surface area contributed by atoms with Gasteiger partial charge in [0.2, 0.25) is 0 Å². The van der Waals surface area contributed by atoms with Crippen LogP contribution >= 0.6 is 0 Å². The van der Waals surface area contributed by atoms with E-state index in [1.54, 1.807) is 19.2 Å². The number of amides is 1. The molecule has 1 atom stereocenters. The Hall–Kier alpha value is -2.80. The van der Waals surface area contributed by atoms with Crippen LogP contribution in [0.4, 0.5) is 0 Å². The van der Waals surface area contributed by atoms with Gasteiger partial charge in [-0.1, -0.05) is 30.3 Å². The Morgan fingerprint density at radius 2 is 1.82 bits per heavy atom. The minimum Gasteiger partial charge on any atom is -0.459 e. The Morgan fingerprint density at radius 1 is 1.07 bits per heavy atom. The highest BCUT2D eigenvalue weighted by Crippen LogP contribution is 2.24. The van der Waals surface area contributed by atoms with Crippen LogP contribution in [0, 0.1) is 0 Å². The Bertz CT molecular complexity index is 739. The van der Waals surface area contributed by atoms with Crippen molar-refractivity contribution in [1.29, 1.82) is 0 Å². The molecular formula is C21H29N5O2. The number of rotatable bonds is 8. The molecular weight excluding hydrogens is 354 g/mol. The number of benzene rings is 1. The Morgan fingerprint density at radius 3 is 2.50 bits per heavy atom. The molecule has 1 aromatic carbocycles. The maximum Gasteiger partial charge on any atom is 0.287 e. The molecule has 0 spiro atoms. The molecule has 2 heterocycles. The summed E-state index contributed by atoms with van der Waals surface area (Å²) < 4.78 is 5.08. The molecule has 1 aromatic heterocycles. The molecule has 7 heteroatoms. The fourth-order valence-electron chi connectivity index (χ4n) is 3.45. The smallest absolute Gasteiger partial charge is 0.287 e. The third-order valence-electron chi connectivity index (χ3n) is 4.90. The minimum atomic E-state index is -0.215. The SMILES string of the molecule is CN=C(NCCNC(=O)c1ccco1)NCC(c1ccccc1)N1CCCC1. The Balaban J connectivity index is 1.45. The van der Waals surface area contributed by atoms with E-state index in [1.165, 1.54) is 24.7 Å². The molecule has 0 radical (unpaired) electrons. The summed E-state index contributed by atoms with van der Waals surface area (Å²) in [6.45, 7) is 4.10. The quantitative estimate of drug-likeness (QED) is 0.369. The minimum absolute atomic E-state index is 0.215. The van der Waals surface area contributed by atoms with Crippen LogP contribution in [0.3, 0.4) is 0 Å². The molecule has 1 unspecified atom stereocenters. The molecule has 28 heavy (non-hydrogen) atoms. The maximum absolute atomic E-state index is 11.9. The monoisotopic (exact) mass is 383 g/mol. The first-order valence-corrected chi connectivity index (χ1v) is 9.83. The van der Waals surface area contributed by atoms with Gasteiger partial charge in [0.25, 0.3) is 5.91 Å². The second-order valence-corrected chi connectivity index (χ2v) is 6.78. The molecule has 0 saturated carbocycles. The molecule has 0 bridgehead atoms. The van der Waals surface area contributed by atoms with Crippen molar-refractivity contribution in [2.45, 2.75) is 18.9 Å². The highest BCUT2D eigenvalue weighted by atomic mass is 16.3. The van der Waals surface area contributed by atoms with Crippen LogP contribution in [0.2, 0.25) is 0 Å². The normalized spacial score (nSPS) is 16.0. The standard InChI is InChI=1S/C21H29N5O2/c1-22-21(24-12-11-23-20(27)19-10-7-15-28-19)25-16-18(26-13-5-6-14-26)17-8-3-2-4-9-17/h2-4,7-10,15,18H,5-6,11-14,16H2,1H3,(H,23,27)(H2,22,24,25). The zero-order chi connectivity index (χ0) is 19.6. The topological polar surface area (TPSA) is 81.9 Å². The third kappa shape index (κ3) is 5.60. The van der Waals surface area contributed by atoms with E-state index in [-0.39, 0.29) is 5.91 Å². The van der Waals surface area contributed by atoms with Gasteiger partial charge in [0.15, 0.2) is 11.7 Å². The number of aliphatic imine (C=N–C) groups is 1. The lowest BCUT2D eigenvalue weighted by molar-refractivity contribution is 0.0926. The average molecular weight is 383 g/mol. The summed E-state index contributed by atoms with van der Waals surface area (Å²) in [5.41, 5.74) is 1.32. The lowest BCUT2D eigenvalue weighted by Crippen LogP contribution is -2.44. The lowest BCUT2D eigenvalue weighted by atomic mass is 10.1. The van der Waals surface area contributed by atoms with Crippen LogP contribution in [-0.2, 0) is 0 Å². The van der Waals surface area contributed by atoms with Crippen molar-refractivity contribution >= 4 is 11.9 Å². The summed E-state index contributed by atoms with van der Waals surface area (Å²) in [7, 11) is 1.75. The number of nitrogens with zero attached hydrogens (tertiary/aromatic N) is 2. The molecule has 1 saturated heterocycles. The van der Waals surface area contributed by atoms with Gasteiger partial charge in [-0.2, -0.15) is 0 Å². The first-order chi connectivity index (χ1) is 13.8. The van der Waals surface area contributed by atoms with E-state index < -0.39 is 0 Å². The maximum atomic E-state index is 11.9. The van der Waals surface area contributed by atoms with Crippen molar-refractivity contribution in [3.05, 3.63) is 60.1 Å². The number of carbonyl (C=O) groups is 1. The molecule has 2 aromatic rings. The predicted octanol–water partition coefficient (Wildman–Crippen LogP) is 2.01. The van der Waals surface area contributed by atoms with Gasteiger partial charge in [-0.15, -0.1) is 0 Å².